The third-order valence-corrected chi connectivity index (χ3v) is 4.42. The van der Waals surface area contributed by atoms with E-state index < -0.39 is 0 Å². The van der Waals surface area contributed by atoms with Crippen molar-refractivity contribution in [1.82, 2.24) is 5.32 Å². The number of ether oxygens (including phenoxy) is 2. The molecule has 1 heterocycles. The van der Waals surface area contributed by atoms with Crippen LogP contribution in [0.25, 0.3) is 0 Å². The van der Waals surface area contributed by atoms with E-state index in [1.165, 1.54) is 0 Å². The molecule has 2 N–H and O–H groups in total. The largest absolute Gasteiger partial charge is 0.490 e. The maximum atomic E-state index is 12.6. The maximum Gasteiger partial charge on any atom is 0.255 e. The zero-order valence-corrected chi connectivity index (χ0v) is 15.6. The molecule has 1 unspecified atom stereocenters. The van der Waals surface area contributed by atoms with E-state index in [9.17, 15) is 9.59 Å². The molecule has 6 heteroatoms. The Bertz CT molecular complexity index is 827. The Morgan fingerprint density at radius 2 is 1.93 bits per heavy atom. The quantitative estimate of drug-likeness (QED) is 0.688. The number of rotatable bonds is 8. The number of anilines is 1. The highest BCUT2D eigenvalue weighted by molar-refractivity contribution is 6.09. The van der Waals surface area contributed by atoms with Gasteiger partial charge in [-0.1, -0.05) is 24.8 Å². The SMILES string of the molecule is C=CCOc1ccc(C(=O)Nc2ccccc2C(=O)NCC2CCCO2)cc1. The molecule has 28 heavy (non-hydrogen) atoms. The number of amides is 2. The first kappa shape index (κ1) is 19.6. The molecule has 1 fully saturated rings. The summed E-state index contributed by atoms with van der Waals surface area (Å²) in [5.41, 5.74) is 1.35. The summed E-state index contributed by atoms with van der Waals surface area (Å²) < 4.78 is 10.9. The Balaban J connectivity index is 1.64. The predicted molar refractivity (Wildman–Crippen MR) is 108 cm³/mol. The van der Waals surface area contributed by atoms with E-state index in [1.54, 1.807) is 54.6 Å². The summed E-state index contributed by atoms with van der Waals surface area (Å²) in [6, 6.07) is 13.7. The molecular formula is C22H24N2O4. The number of hydrogen-bond acceptors (Lipinski definition) is 4. The Morgan fingerprint density at radius 1 is 1.14 bits per heavy atom. The molecule has 1 atom stereocenters. The van der Waals surface area contributed by atoms with Gasteiger partial charge in [-0.15, -0.1) is 0 Å². The molecule has 6 nitrogen and oxygen atoms in total. The summed E-state index contributed by atoms with van der Waals surface area (Å²) in [6.07, 6.45) is 3.68. The van der Waals surface area contributed by atoms with Crippen LogP contribution >= 0.6 is 0 Å². The fourth-order valence-corrected chi connectivity index (χ4v) is 2.95. The van der Waals surface area contributed by atoms with Crippen LogP contribution in [0.1, 0.15) is 33.6 Å². The highest BCUT2D eigenvalue weighted by Crippen LogP contribution is 2.18. The number of carbonyl (C=O) groups is 2. The van der Waals surface area contributed by atoms with Gasteiger partial charge in [-0.3, -0.25) is 9.59 Å². The highest BCUT2D eigenvalue weighted by atomic mass is 16.5. The molecule has 0 spiro atoms. The highest BCUT2D eigenvalue weighted by Gasteiger charge is 2.18. The van der Waals surface area contributed by atoms with Crippen LogP contribution in [0, 0.1) is 0 Å². The van der Waals surface area contributed by atoms with Gasteiger partial charge in [-0.05, 0) is 49.2 Å². The van der Waals surface area contributed by atoms with Gasteiger partial charge in [0.15, 0.2) is 0 Å². The molecule has 0 bridgehead atoms. The lowest BCUT2D eigenvalue weighted by Gasteiger charge is -2.14. The van der Waals surface area contributed by atoms with Gasteiger partial charge in [0, 0.05) is 18.7 Å². The molecule has 1 aliphatic rings. The fraction of sp³-hybridized carbons (Fsp3) is 0.273. The van der Waals surface area contributed by atoms with Crippen LogP contribution in [-0.2, 0) is 4.74 Å². The zero-order valence-electron chi connectivity index (χ0n) is 15.6. The summed E-state index contributed by atoms with van der Waals surface area (Å²) >= 11 is 0. The summed E-state index contributed by atoms with van der Waals surface area (Å²) in [5, 5.41) is 5.69. The number of para-hydroxylation sites is 1. The average molecular weight is 380 g/mol. The predicted octanol–water partition coefficient (Wildman–Crippen LogP) is 3.41. The molecule has 0 radical (unpaired) electrons. The van der Waals surface area contributed by atoms with Gasteiger partial charge in [0.1, 0.15) is 12.4 Å². The molecule has 3 rings (SSSR count). The van der Waals surface area contributed by atoms with Gasteiger partial charge < -0.3 is 20.1 Å². The van der Waals surface area contributed by atoms with Crippen molar-refractivity contribution in [2.75, 3.05) is 25.1 Å². The first-order valence-electron chi connectivity index (χ1n) is 9.31. The fourth-order valence-electron chi connectivity index (χ4n) is 2.95. The minimum Gasteiger partial charge on any atom is -0.490 e. The van der Waals surface area contributed by atoms with E-state index in [-0.39, 0.29) is 17.9 Å². The smallest absolute Gasteiger partial charge is 0.255 e. The minimum absolute atomic E-state index is 0.0625. The first-order chi connectivity index (χ1) is 13.7. The van der Waals surface area contributed by atoms with Crippen LogP contribution in [-0.4, -0.2) is 37.7 Å². The normalized spacial score (nSPS) is 15.6. The van der Waals surface area contributed by atoms with Crippen LogP contribution < -0.4 is 15.4 Å². The first-order valence-corrected chi connectivity index (χ1v) is 9.31. The Labute approximate surface area is 164 Å². The van der Waals surface area contributed by atoms with E-state index in [0.717, 1.165) is 19.4 Å². The molecule has 1 aliphatic heterocycles. The second kappa shape index (κ2) is 9.71. The lowest BCUT2D eigenvalue weighted by molar-refractivity contribution is 0.0858. The monoisotopic (exact) mass is 380 g/mol. The molecule has 2 amide bonds. The number of benzene rings is 2. The summed E-state index contributed by atoms with van der Waals surface area (Å²) in [7, 11) is 0. The third-order valence-electron chi connectivity index (χ3n) is 4.42. The average Bonchev–Trinajstić information content (AvgIpc) is 3.25. The third kappa shape index (κ3) is 5.20. The second-order valence-corrected chi connectivity index (χ2v) is 6.47. The zero-order chi connectivity index (χ0) is 19.8. The molecule has 2 aromatic carbocycles. The van der Waals surface area contributed by atoms with Crippen molar-refractivity contribution in [3.63, 3.8) is 0 Å². The number of nitrogens with one attached hydrogen (secondary N) is 2. The molecule has 146 valence electrons. The van der Waals surface area contributed by atoms with E-state index in [1.807, 2.05) is 0 Å². The topological polar surface area (TPSA) is 76.7 Å². The van der Waals surface area contributed by atoms with Crippen molar-refractivity contribution in [3.05, 3.63) is 72.3 Å². The van der Waals surface area contributed by atoms with Gasteiger partial charge in [0.25, 0.3) is 11.8 Å². The molecule has 0 aliphatic carbocycles. The van der Waals surface area contributed by atoms with Crippen molar-refractivity contribution in [1.29, 1.82) is 0 Å². The summed E-state index contributed by atoms with van der Waals surface area (Å²) in [5.74, 6) is 0.125. The minimum atomic E-state index is -0.297. The van der Waals surface area contributed by atoms with Crippen LogP contribution in [0.5, 0.6) is 5.75 Å². The molecule has 0 aromatic heterocycles. The van der Waals surface area contributed by atoms with Crippen LogP contribution in [0.4, 0.5) is 5.69 Å². The van der Waals surface area contributed by atoms with E-state index in [2.05, 4.69) is 17.2 Å². The molecule has 2 aromatic rings. The maximum absolute atomic E-state index is 12.6. The van der Waals surface area contributed by atoms with Crippen molar-refractivity contribution >= 4 is 17.5 Å². The van der Waals surface area contributed by atoms with Crippen LogP contribution in [0.3, 0.4) is 0 Å². The van der Waals surface area contributed by atoms with Crippen LogP contribution in [0.15, 0.2) is 61.2 Å². The Morgan fingerprint density at radius 3 is 2.64 bits per heavy atom. The van der Waals surface area contributed by atoms with Gasteiger partial charge in [0.05, 0.1) is 17.4 Å². The van der Waals surface area contributed by atoms with Gasteiger partial charge in [0.2, 0.25) is 0 Å². The van der Waals surface area contributed by atoms with Gasteiger partial charge in [-0.2, -0.15) is 0 Å². The Kier molecular flexibility index (Phi) is 6.81. The van der Waals surface area contributed by atoms with E-state index in [0.29, 0.717) is 35.7 Å². The molecule has 1 saturated heterocycles. The van der Waals surface area contributed by atoms with Crippen LogP contribution in [0.2, 0.25) is 0 Å². The second-order valence-electron chi connectivity index (χ2n) is 6.47. The van der Waals surface area contributed by atoms with E-state index >= 15 is 0 Å². The summed E-state index contributed by atoms with van der Waals surface area (Å²) in [4.78, 5) is 25.1. The van der Waals surface area contributed by atoms with Crippen molar-refractivity contribution in [3.8, 4) is 5.75 Å². The van der Waals surface area contributed by atoms with Crippen molar-refractivity contribution in [2.45, 2.75) is 18.9 Å². The number of hydrogen-bond donors (Lipinski definition) is 2. The molecular weight excluding hydrogens is 356 g/mol. The van der Waals surface area contributed by atoms with Gasteiger partial charge in [-0.25, -0.2) is 0 Å². The Hall–Kier alpha value is -3.12. The van der Waals surface area contributed by atoms with Crippen molar-refractivity contribution in [2.24, 2.45) is 0 Å². The number of carbonyl (C=O) groups excluding carboxylic acids is 2. The van der Waals surface area contributed by atoms with Crippen molar-refractivity contribution < 1.29 is 19.1 Å². The lowest BCUT2D eigenvalue weighted by Crippen LogP contribution is -2.32. The lowest BCUT2D eigenvalue weighted by atomic mass is 10.1. The van der Waals surface area contributed by atoms with E-state index in [4.69, 9.17) is 9.47 Å². The standard InChI is InChI=1S/C22H24N2O4/c1-2-13-27-17-11-9-16(10-12-17)21(25)24-20-8-4-3-7-19(20)22(26)23-15-18-6-5-14-28-18/h2-4,7-12,18H,1,5-6,13-15H2,(H,23,26)(H,24,25). The molecule has 0 saturated carbocycles. The van der Waals surface area contributed by atoms with Gasteiger partial charge >= 0.3 is 0 Å². The summed E-state index contributed by atoms with van der Waals surface area (Å²) in [6.45, 7) is 5.21.